The maximum Gasteiger partial charge on any atom is 0.179 e. The summed E-state index contributed by atoms with van der Waals surface area (Å²) in [6.07, 6.45) is 2.45. The number of piperidine rings is 1. The van der Waals surface area contributed by atoms with Crippen LogP contribution in [0, 0.1) is 5.92 Å². The van der Waals surface area contributed by atoms with Gasteiger partial charge in [-0.1, -0.05) is 28.1 Å². The van der Waals surface area contributed by atoms with Gasteiger partial charge in [-0.05, 0) is 58.0 Å². The summed E-state index contributed by atoms with van der Waals surface area (Å²) in [6, 6.07) is 7.63. The van der Waals surface area contributed by atoms with Crippen molar-refractivity contribution in [2.45, 2.75) is 25.8 Å². The number of benzene rings is 1. The Morgan fingerprint density at radius 3 is 2.80 bits per heavy atom. The zero-order chi connectivity index (χ0) is 14.5. The number of hydrogen-bond acceptors (Lipinski definition) is 3. The van der Waals surface area contributed by atoms with Crippen molar-refractivity contribution in [1.29, 1.82) is 0 Å². The summed E-state index contributed by atoms with van der Waals surface area (Å²) in [7, 11) is 2.00. The molecule has 1 saturated heterocycles. The van der Waals surface area contributed by atoms with Crippen LogP contribution in [0.5, 0.6) is 0 Å². The van der Waals surface area contributed by atoms with Gasteiger partial charge in [0.2, 0.25) is 0 Å². The number of halogens is 1. The lowest BCUT2D eigenvalue weighted by Gasteiger charge is -2.36. The molecule has 110 valence electrons. The minimum Gasteiger partial charge on any atom is -0.319 e. The Hall–Kier alpha value is -0.710. The second-order valence-corrected chi connectivity index (χ2v) is 6.52. The van der Waals surface area contributed by atoms with Crippen molar-refractivity contribution >= 4 is 21.7 Å². The fourth-order valence-electron chi connectivity index (χ4n) is 2.93. The molecule has 0 bridgehead atoms. The smallest absolute Gasteiger partial charge is 0.179 e. The molecule has 0 amide bonds. The van der Waals surface area contributed by atoms with Crippen molar-refractivity contribution < 1.29 is 4.79 Å². The molecule has 1 heterocycles. The van der Waals surface area contributed by atoms with Crippen LogP contribution in [-0.2, 0) is 0 Å². The summed E-state index contributed by atoms with van der Waals surface area (Å²) in [5.41, 5.74) is 0.802. The number of ketones is 1. The molecule has 2 unspecified atom stereocenters. The number of carbonyl (C=O) groups is 1. The van der Waals surface area contributed by atoms with E-state index in [9.17, 15) is 4.79 Å². The third-order valence-corrected chi connectivity index (χ3v) is 4.63. The molecule has 0 saturated carbocycles. The Labute approximate surface area is 129 Å². The van der Waals surface area contributed by atoms with E-state index in [4.69, 9.17) is 0 Å². The van der Waals surface area contributed by atoms with Gasteiger partial charge in [0, 0.05) is 16.6 Å². The van der Waals surface area contributed by atoms with E-state index in [1.807, 2.05) is 38.2 Å². The second-order valence-electron chi connectivity index (χ2n) is 5.61. The van der Waals surface area contributed by atoms with E-state index < -0.39 is 0 Å². The lowest BCUT2D eigenvalue weighted by molar-refractivity contribution is 0.0753. The maximum absolute atomic E-state index is 12.5. The SMILES string of the molecule is CNCC1CCCN(C(C)C(=O)c2ccc(Br)cc2)C1. The highest BCUT2D eigenvalue weighted by atomic mass is 79.9. The predicted molar refractivity (Wildman–Crippen MR) is 86.2 cm³/mol. The average molecular weight is 339 g/mol. The number of nitrogens with zero attached hydrogens (tertiary/aromatic N) is 1. The van der Waals surface area contributed by atoms with Gasteiger partial charge in [-0.15, -0.1) is 0 Å². The summed E-state index contributed by atoms with van der Waals surface area (Å²) < 4.78 is 1.01. The Kier molecular flexibility index (Phi) is 5.75. The molecule has 1 aliphatic rings. The Morgan fingerprint density at radius 2 is 2.15 bits per heavy atom. The first-order valence-corrected chi connectivity index (χ1v) is 8.09. The lowest BCUT2D eigenvalue weighted by atomic mass is 9.95. The molecule has 4 heteroatoms. The molecule has 1 aliphatic heterocycles. The van der Waals surface area contributed by atoms with E-state index in [1.54, 1.807) is 0 Å². The van der Waals surface area contributed by atoms with E-state index >= 15 is 0 Å². The number of nitrogens with one attached hydrogen (secondary N) is 1. The first-order chi connectivity index (χ1) is 9.61. The van der Waals surface area contributed by atoms with Crippen molar-refractivity contribution in [2.24, 2.45) is 5.92 Å². The van der Waals surface area contributed by atoms with Crippen LogP contribution in [0.2, 0.25) is 0 Å². The maximum atomic E-state index is 12.5. The number of carbonyl (C=O) groups excluding carboxylic acids is 1. The molecule has 0 aromatic heterocycles. The molecule has 0 radical (unpaired) electrons. The monoisotopic (exact) mass is 338 g/mol. The number of rotatable bonds is 5. The highest BCUT2D eigenvalue weighted by Gasteiger charge is 2.27. The average Bonchev–Trinajstić information content (AvgIpc) is 2.47. The molecule has 1 aromatic rings. The topological polar surface area (TPSA) is 32.3 Å². The van der Waals surface area contributed by atoms with Gasteiger partial charge in [0.05, 0.1) is 6.04 Å². The highest BCUT2D eigenvalue weighted by molar-refractivity contribution is 9.10. The summed E-state index contributed by atoms with van der Waals surface area (Å²) >= 11 is 3.40. The first kappa shape index (κ1) is 15.7. The summed E-state index contributed by atoms with van der Waals surface area (Å²) in [6.45, 7) is 5.12. The van der Waals surface area contributed by atoms with E-state index in [0.29, 0.717) is 5.92 Å². The Bertz CT molecular complexity index is 444. The molecule has 3 nitrogen and oxygen atoms in total. The molecule has 1 aromatic carbocycles. The summed E-state index contributed by atoms with van der Waals surface area (Å²) in [5, 5.41) is 3.25. The van der Waals surface area contributed by atoms with Crippen molar-refractivity contribution in [2.75, 3.05) is 26.7 Å². The molecule has 20 heavy (non-hydrogen) atoms. The third-order valence-electron chi connectivity index (χ3n) is 4.10. The zero-order valence-corrected chi connectivity index (χ0v) is 13.8. The van der Waals surface area contributed by atoms with Crippen LogP contribution >= 0.6 is 15.9 Å². The zero-order valence-electron chi connectivity index (χ0n) is 12.2. The second kappa shape index (κ2) is 7.34. The van der Waals surface area contributed by atoms with Crippen LogP contribution < -0.4 is 5.32 Å². The predicted octanol–water partition coefficient (Wildman–Crippen LogP) is 2.95. The van der Waals surface area contributed by atoms with E-state index in [1.165, 1.54) is 12.8 Å². The van der Waals surface area contributed by atoms with Crippen LogP contribution in [0.1, 0.15) is 30.1 Å². The van der Waals surface area contributed by atoms with Gasteiger partial charge in [0.1, 0.15) is 0 Å². The largest absolute Gasteiger partial charge is 0.319 e. The standard InChI is InChI=1S/C16H23BrN2O/c1-12(16(20)14-5-7-15(17)8-6-14)19-9-3-4-13(11-19)10-18-2/h5-8,12-13,18H,3-4,9-11H2,1-2H3. The Morgan fingerprint density at radius 1 is 1.45 bits per heavy atom. The molecule has 0 aliphatic carbocycles. The van der Waals surface area contributed by atoms with Gasteiger partial charge in [-0.3, -0.25) is 9.69 Å². The van der Waals surface area contributed by atoms with Crippen molar-refractivity contribution in [3.63, 3.8) is 0 Å². The summed E-state index contributed by atoms with van der Waals surface area (Å²) in [5.74, 6) is 0.886. The first-order valence-electron chi connectivity index (χ1n) is 7.30. The molecular weight excluding hydrogens is 316 g/mol. The van der Waals surface area contributed by atoms with Gasteiger partial charge >= 0.3 is 0 Å². The van der Waals surface area contributed by atoms with Gasteiger partial charge in [0.15, 0.2) is 5.78 Å². The molecular formula is C16H23BrN2O. The fraction of sp³-hybridized carbons (Fsp3) is 0.562. The molecule has 1 N–H and O–H groups in total. The quantitative estimate of drug-likeness (QED) is 0.837. The number of hydrogen-bond donors (Lipinski definition) is 1. The fourth-order valence-corrected chi connectivity index (χ4v) is 3.19. The van der Waals surface area contributed by atoms with Crippen LogP contribution in [0.4, 0.5) is 0 Å². The van der Waals surface area contributed by atoms with Gasteiger partial charge in [-0.25, -0.2) is 0 Å². The molecule has 0 spiro atoms. The van der Waals surface area contributed by atoms with E-state index in [2.05, 4.69) is 26.1 Å². The van der Waals surface area contributed by atoms with Crippen molar-refractivity contribution in [1.82, 2.24) is 10.2 Å². The lowest BCUT2D eigenvalue weighted by Crippen LogP contribution is -2.46. The van der Waals surface area contributed by atoms with Crippen LogP contribution in [-0.4, -0.2) is 43.4 Å². The third kappa shape index (κ3) is 3.90. The molecule has 2 atom stereocenters. The normalized spacial score (nSPS) is 21.6. The van der Waals surface area contributed by atoms with Crippen LogP contribution in [0.3, 0.4) is 0 Å². The highest BCUT2D eigenvalue weighted by Crippen LogP contribution is 2.20. The number of Topliss-reactive ketones (excluding diaryl/α,β-unsaturated/α-hetero) is 1. The Balaban J connectivity index is 2.00. The molecule has 2 rings (SSSR count). The van der Waals surface area contributed by atoms with Crippen LogP contribution in [0.15, 0.2) is 28.7 Å². The van der Waals surface area contributed by atoms with Gasteiger partial charge in [0.25, 0.3) is 0 Å². The van der Waals surface area contributed by atoms with Gasteiger partial charge < -0.3 is 5.32 Å². The van der Waals surface area contributed by atoms with Crippen LogP contribution in [0.25, 0.3) is 0 Å². The minimum absolute atomic E-state index is 0.0316. The van der Waals surface area contributed by atoms with Crippen molar-refractivity contribution in [3.05, 3.63) is 34.3 Å². The van der Waals surface area contributed by atoms with Gasteiger partial charge in [-0.2, -0.15) is 0 Å². The van der Waals surface area contributed by atoms with E-state index in [0.717, 1.165) is 29.7 Å². The number of likely N-dealkylation sites (tertiary alicyclic amines) is 1. The minimum atomic E-state index is -0.0316. The van der Waals surface area contributed by atoms with Crippen molar-refractivity contribution in [3.8, 4) is 0 Å². The summed E-state index contributed by atoms with van der Waals surface area (Å²) in [4.78, 5) is 14.9. The molecule has 1 fully saturated rings. The van der Waals surface area contributed by atoms with E-state index in [-0.39, 0.29) is 11.8 Å².